The van der Waals surface area contributed by atoms with Gasteiger partial charge in [-0.25, -0.2) is 4.79 Å². The van der Waals surface area contributed by atoms with Crippen LogP contribution < -0.4 is 25.0 Å². The highest BCUT2D eigenvalue weighted by molar-refractivity contribution is 8.27. The van der Waals surface area contributed by atoms with E-state index in [1.165, 1.54) is 59.0 Å². The van der Waals surface area contributed by atoms with Crippen LogP contribution in [0, 0.1) is 0 Å². The van der Waals surface area contributed by atoms with Crippen molar-refractivity contribution in [1.82, 2.24) is 9.88 Å². The maximum atomic E-state index is 13.7. The Morgan fingerprint density at radius 2 is 1.53 bits per heavy atom. The number of hydrogen-bond donors (Lipinski definition) is 2. The van der Waals surface area contributed by atoms with E-state index in [2.05, 4.69) is 108 Å². The Bertz CT molecular complexity index is 2430. The van der Waals surface area contributed by atoms with E-state index in [1.807, 2.05) is 18.2 Å². The number of fused-ring (bicyclic) bond motifs is 3. The lowest BCUT2D eigenvalue weighted by Crippen LogP contribution is -2.38. The maximum Gasteiger partial charge on any atom is 0.419 e. The second-order valence-corrected chi connectivity index (χ2v) is 19.0. The SMILES string of the molecule is CCCCCCCCNC(=O)/C(SC1CS1)=c1\s/c(=C\c2ccc3c(c2)C2CCCC2N3c2ccc(C=C(c3ccccc3)c3ccccc3)cc2)c(=O)n1C(=O)O. The molecule has 5 aromatic rings. The van der Waals surface area contributed by atoms with Crippen LogP contribution in [-0.4, -0.2) is 44.6 Å². The number of thiazole rings is 1. The highest BCUT2D eigenvalue weighted by Crippen LogP contribution is 2.52. The number of hydrogen-bond acceptors (Lipinski definition) is 7. The summed E-state index contributed by atoms with van der Waals surface area (Å²) >= 11 is 4.17. The van der Waals surface area contributed by atoms with Gasteiger partial charge < -0.3 is 15.3 Å². The van der Waals surface area contributed by atoms with E-state index in [1.54, 1.807) is 17.8 Å². The van der Waals surface area contributed by atoms with Gasteiger partial charge in [-0.1, -0.05) is 124 Å². The van der Waals surface area contributed by atoms with E-state index in [-0.39, 0.29) is 15.2 Å². The minimum absolute atomic E-state index is 0.175. The van der Waals surface area contributed by atoms with Gasteiger partial charge in [0.15, 0.2) is 0 Å². The molecule has 3 atom stereocenters. The number of rotatable bonds is 15. The molecule has 8 rings (SSSR count). The van der Waals surface area contributed by atoms with Crippen LogP contribution in [0.15, 0.2) is 108 Å². The van der Waals surface area contributed by atoms with Gasteiger partial charge in [0, 0.05) is 35.6 Å². The molecule has 1 saturated heterocycles. The second kappa shape index (κ2) is 18.4. The normalized spacial score (nSPS) is 18.7. The number of carbonyl (C=O) groups is 2. The number of unbranched alkanes of at least 4 members (excludes halogenated alkanes) is 5. The lowest BCUT2D eigenvalue weighted by atomic mass is 9.95. The van der Waals surface area contributed by atoms with E-state index in [0.717, 1.165) is 77.0 Å². The topological polar surface area (TPSA) is 91.6 Å². The number of thioether (sulfide) groups is 2. The summed E-state index contributed by atoms with van der Waals surface area (Å²) in [5.41, 5.74) is 8.48. The molecule has 2 aliphatic heterocycles. The third-order valence-electron chi connectivity index (χ3n) is 11.3. The number of nitrogens with one attached hydrogen (secondary N) is 1. The Hall–Kier alpha value is -4.77. The summed E-state index contributed by atoms with van der Waals surface area (Å²) < 4.78 is 1.42. The zero-order chi connectivity index (χ0) is 40.0. The first-order valence-corrected chi connectivity index (χ1v) is 23.3. The van der Waals surface area contributed by atoms with Crippen molar-refractivity contribution in [2.75, 3.05) is 17.2 Å². The van der Waals surface area contributed by atoms with Gasteiger partial charge in [0.2, 0.25) is 0 Å². The van der Waals surface area contributed by atoms with Gasteiger partial charge in [-0.15, -0.1) is 34.9 Å². The minimum Gasteiger partial charge on any atom is -0.464 e. The van der Waals surface area contributed by atoms with Crippen LogP contribution in [0.2, 0.25) is 0 Å². The number of carbonyl (C=O) groups excluding carboxylic acids is 1. The van der Waals surface area contributed by atoms with Gasteiger partial charge in [0.05, 0.1) is 9.11 Å². The molecule has 0 radical (unpaired) electrons. The predicted molar refractivity (Wildman–Crippen MR) is 244 cm³/mol. The first kappa shape index (κ1) is 40.0. The summed E-state index contributed by atoms with van der Waals surface area (Å²) in [4.78, 5) is 42.7. The van der Waals surface area contributed by atoms with Crippen LogP contribution in [0.3, 0.4) is 0 Å². The minimum atomic E-state index is -1.38. The van der Waals surface area contributed by atoms with Crippen molar-refractivity contribution in [3.63, 3.8) is 0 Å². The van der Waals surface area contributed by atoms with Crippen molar-refractivity contribution < 1.29 is 14.7 Å². The monoisotopic (exact) mass is 827 g/mol. The molecule has 3 unspecified atom stereocenters. The van der Waals surface area contributed by atoms with Crippen LogP contribution in [0.4, 0.5) is 16.2 Å². The van der Waals surface area contributed by atoms with E-state index >= 15 is 0 Å². The van der Waals surface area contributed by atoms with Gasteiger partial charge in [-0.3, -0.25) is 9.59 Å². The largest absolute Gasteiger partial charge is 0.464 e. The summed E-state index contributed by atoms with van der Waals surface area (Å²) in [6.45, 7) is 2.71. The lowest BCUT2D eigenvalue weighted by molar-refractivity contribution is -0.115. The Morgan fingerprint density at radius 3 is 2.21 bits per heavy atom. The van der Waals surface area contributed by atoms with E-state index in [4.69, 9.17) is 0 Å². The fourth-order valence-corrected chi connectivity index (χ4v) is 11.4. The molecule has 3 heterocycles. The Balaban J connectivity index is 1.09. The number of nitrogens with zero attached hydrogens (tertiary/aromatic N) is 2. The molecule has 2 N–H and O–H groups in total. The molecule has 1 aliphatic carbocycles. The van der Waals surface area contributed by atoms with E-state index in [9.17, 15) is 19.5 Å². The van der Waals surface area contributed by atoms with Gasteiger partial charge >= 0.3 is 6.09 Å². The molecule has 58 heavy (non-hydrogen) atoms. The molecule has 1 amide bonds. The Labute approximate surface area is 352 Å². The fraction of sp³-hybridized carbons (Fsp3) is 0.312. The molecule has 2 fully saturated rings. The van der Waals surface area contributed by atoms with Crippen LogP contribution in [0.25, 0.3) is 22.6 Å². The average Bonchev–Trinajstić information content (AvgIpc) is 3.71. The molecular formula is C48H49N3O4S3. The van der Waals surface area contributed by atoms with E-state index in [0.29, 0.717) is 27.9 Å². The van der Waals surface area contributed by atoms with Crippen LogP contribution in [-0.2, 0) is 4.79 Å². The molecule has 298 valence electrons. The molecule has 10 heteroatoms. The zero-order valence-corrected chi connectivity index (χ0v) is 35.2. The summed E-state index contributed by atoms with van der Waals surface area (Å²) in [5, 5.41) is 13.3. The lowest BCUT2D eigenvalue weighted by Gasteiger charge is -2.27. The average molecular weight is 828 g/mol. The molecule has 0 spiro atoms. The van der Waals surface area contributed by atoms with Crippen LogP contribution >= 0.6 is 34.9 Å². The fourth-order valence-electron chi connectivity index (χ4n) is 8.35. The van der Waals surface area contributed by atoms with Crippen molar-refractivity contribution in [3.05, 3.63) is 150 Å². The van der Waals surface area contributed by atoms with Gasteiger partial charge in [-0.05, 0) is 89.1 Å². The number of benzene rings is 4. The number of anilines is 2. The van der Waals surface area contributed by atoms with Crippen molar-refractivity contribution in [3.8, 4) is 0 Å². The summed E-state index contributed by atoms with van der Waals surface area (Å²) in [7, 11) is 0. The zero-order valence-electron chi connectivity index (χ0n) is 32.8. The number of aromatic nitrogens is 1. The Kier molecular flexibility index (Phi) is 12.7. The van der Waals surface area contributed by atoms with Crippen LogP contribution in [0.1, 0.15) is 98.4 Å². The van der Waals surface area contributed by atoms with Gasteiger partial charge in [-0.2, -0.15) is 4.57 Å². The third-order valence-corrected chi connectivity index (χ3v) is 15.1. The van der Waals surface area contributed by atoms with Crippen LogP contribution in [0.5, 0.6) is 0 Å². The van der Waals surface area contributed by atoms with Gasteiger partial charge in [0.25, 0.3) is 11.5 Å². The maximum absolute atomic E-state index is 13.7. The molecule has 1 aromatic heterocycles. The smallest absolute Gasteiger partial charge is 0.419 e. The van der Waals surface area contributed by atoms with Crippen molar-refractivity contribution >= 4 is 80.9 Å². The third kappa shape index (κ3) is 8.94. The standard InChI is InChI=1S/C48H49N3O4S3/c1-2-3-4-5-6-13-27-49-45(52)44(58-43-31-56-43)47-51(48(54)55)46(53)42(57-47)30-33-23-26-41-39(29-33)37-19-14-20-40(37)50(41)36-24-21-32(22-25-36)28-38(34-15-9-7-10-16-34)35-17-11-8-12-18-35/h7-12,15-18,21-26,28-30,37,40,43H,2-6,13-14,19-20,27,31H2,1H3,(H,49,52)(H,54,55)/b42-30-,47-44+. The van der Waals surface area contributed by atoms with Crippen molar-refractivity contribution in [2.24, 2.45) is 0 Å². The Morgan fingerprint density at radius 1 is 0.862 bits per heavy atom. The van der Waals surface area contributed by atoms with E-state index < -0.39 is 11.7 Å². The highest BCUT2D eigenvalue weighted by atomic mass is 32.2. The molecule has 4 aromatic carbocycles. The molecule has 7 nitrogen and oxygen atoms in total. The van der Waals surface area contributed by atoms with Crippen molar-refractivity contribution in [1.29, 1.82) is 0 Å². The van der Waals surface area contributed by atoms with Gasteiger partial charge in [0.1, 0.15) is 9.57 Å². The predicted octanol–water partition coefficient (Wildman–Crippen LogP) is 10.0. The highest BCUT2D eigenvalue weighted by Gasteiger charge is 2.42. The molecular weight excluding hydrogens is 779 g/mol. The quantitative estimate of drug-likeness (QED) is 0.0617. The van der Waals surface area contributed by atoms with Crippen molar-refractivity contribution in [2.45, 2.75) is 81.3 Å². The summed E-state index contributed by atoms with van der Waals surface area (Å²) in [6.07, 6.45) is 12.6. The number of carboxylic acid groups (broad SMARTS) is 1. The molecule has 0 bridgehead atoms. The first-order chi connectivity index (χ1) is 28.4. The first-order valence-electron chi connectivity index (χ1n) is 20.5. The second-order valence-electron chi connectivity index (χ2n) is 15.2. The molecule has 3 aliphatic rings. The summed E-state index contributed by atoms with van der Waals surface area (Å²) in [5.74, 6) is 0.943. The summed E-state index contributed by atoms with van der Waals surface area (Å²) in [6, 6.07) is 36.5. The molecule has 1 saturated carbocycles. The number of amides is 1.